The van der Waals surface area contributed by atoms with Crippen molar-refractivity contribution in [1.29, 1.82) is 0 Å². The van der Waals surface area contributed by atoms with Gasteiger partial charge in [0.1, 0.15) is 6.04 Å². The van der Waals surface area contributed by atoms with Crippen LogP contribution in [0.15, 0.2) is 35.0 Å². The number of hydrogen-bond donors (Lipinski definition) is 0. The molecule has 0 radical (unpaired) electrons. The highest BCUT2D eigenvalue weighted by atomic mass is 32.1. The maximum Gasteiger partial charge on any atom is 0.333 e. The summed E-state index contributed by atoms with van der Waals surface area (Å²) in [6.07, 6.45) is -0.565. The van der Waals surface area contributed by atoms with E-state index in [1.807, 2.05) is 55.8 Å². The lowest BCUT2D eigenvalue weighted by Crippen LogP contribution is -2.68. The molecular formula is C22H32N2O3S2Si. The summed E-state index contributed by atoms with van der Waals surface area (Å²) in [6, 6.07) is 10.1. The number of amides is 3. The normalized spacial score (nSPS) is 19.7. The Kier molecular flexibility index (Phi) is 6.91. The van der Waals surface area contributed by atoms with Gasteiger partial charge in [0.05, 0.1) is 5.00 Å². The highest BCUT2D eigenvalue weighted by Gasteiger charge is 2.57. The lowest BCUT2D eigenvalue weighted by Gasteiger charge is -2.50. The molecular weight excluding hydrogens is 432 g/mol. The number of β-lactam (4-membered cyclic amide) rings is 1. The van der Waals surface area contributed by atoms with Gasteiger partial charge < -0.3 is 4.43 Å². The standard InChI is InChI=1S/C22H32N2O3S2Si/c1-7-30(8-2,9-3)27-19-18(16-12-10-14-28-16)23(20(19)25)21(26)24(22(4,5)6)17-13-11-15-29-17/h10-15,18-19H,7-9H2,1-6H3/t18-,19+/m1/s1. The Morgan fingerprint density at radius 2 is 1.70 bits per heavy atom. The van der Waals surface area contributed by atoms with Gasteiger partial charge in [-0.25, -0.2) is 9.69 Å². The third kappa shape index (κ3) is 4.15. The van der Waals surface area contributed by atoms with E-state index in [9.17, 15) is 9.59 Å². The smallest absolute Gasteiger partial charge is 0.333 e. The Hall–Kier alpha value is -1.48. The molecule has 1 fully saturated rings. The molecule has 1 saturated heterocycles. The number of carbonyl (C=O) groups is 2. The van der Waals surface area contributed by atoms with Crippen molar-refractivity contribution >= 4 is 47.9 Å². The summed E-state index contributed by atoms with van der Waals surface area (Å²) in [5, 5.41) is 4.78. The van der Waals surface area contributed by atoms with Gasteiger partial charge >= 0.3 is 6.03 Å². The topological polar surface area (TPSA) is 49.9 Å². The minimum Gasteiger partial charge on any atom is -0.403 e. The minimum absolute atomic E-state index is 0.212. The van der Waals surface area contributed by atoms with Gasteiger partial charge in [0, 0.05) is 10.4 Å². The highest BCUT2D eigenvalue weighted by Crippen LogP contribution is 2.44. The predicted octanol–water partition coefficient (Wildman–Crippen LogP) is 6.51. The van der Waals surface area contributed by atoms with E-state index in [1.165, 1.54) is 16.2 Å². The summed E-state index contributed by atoms with van der Waals surface area (Å²) in [6.45, 7) is 12.4. The van der Waals surface area contributed by atoms with Crippen LogP contribution in [0.4, 0.5) is 9.80 Å². The van der Waals surface area contributed by atoms with Crippen molar-refractivity contribution in [3.8, 4) is 0 Å². The molecule has 3 rings (SSSR count). The van der Waals surface area contributed by atoms with E-state index >= 15 is 0 Å². The summed E-state index contributed by atoms with van der Waals surface area (Å²) in [5.74, 6) is -0.212. The quantitative estimate of drug-likeness (QED) is 0.347. The SMILES string of the molecule is CC[Si](CC)(CC)O[C@@H]1C(=O)N(C(=O)N(c2cccs2)C(C)(C)C)[C@@H]1c1cccs1. The third-order valence-electron chi connectivity index (χ3n) is 5.99. The zero-order valence-electron chi connectivity index (χ0n) is 18.7. The lowest BCUT2D eigenvalue weighted by atomic mass is 9.96. The van der Waals surface area contributed by atoms with Gasteiger partial charge in [-0.3, -0.25) is 9.69 Å². The molecule has 2 atom stereocenters. The Morgan fingerprint density at radius 1 is 1.10 bits per heavy atom. The molecule has 3 amide bonds. The molecule has 0 bridgehead atoms. The summed E-state index contributed by atoms with van der Waals surface area (Å²) in [7, 11) is -1.99. The number of likely N-dealkylation sites (tertiary alicyclic amines) is 1. The molecule has 2 aromatic rings. The Morgan fingerprint density at radius 3 is 2.17 bits per heavy atom. The van der Waals surface area contributed by atoms with Crippen LogP contribution in [-0.2, 0) is 9.22 Å². The molecule has 8 heteroatoms. The van der Waals surface area contributed by atoms with Crippen molar-refractivity contribution in [1.82, 2.24) is 4.90 Å². The van der Waals surface area contributed by atoms with Crippen molar-refractivity contribution in [3.05, 3.63) is 39.9 Å². The van der Waals surface area contributed by atoms with Crippen molar-refractivity contribution in [3.63, 3.8) is 0 Å². The van der Waals surface area contributed by atoms with E-state index in [0.717, 1.165) is 28.0 Å². The molecule has 5 nitrogen and oxygen atoms in total. The molecule has 0 spiro atoms. The summed E-state index contributed by atoms with van der Waals surface area (Å²) in [4.78, 5) is 31.2. The molecule has 164 valence electrons. The monoisotopic (exact) mass is 464 g/mol. The number of rotatable bonds is 7. The van der Waals surface area contributed by atoms with Crippen LogP contribution in [-0.4, -0.2) is 36.8 Å². The second-order valence-electron chi connectivity index (χ2n) is 8.69. The fourth-order valence-electron chi connectivity index (χ4n) is 4.01. The van der Waals surface area contributed by atoms with Crippen LogP contribution < -0.4 is 4.90 Å². The van der Waals surface area contributed by atoms with Crippen LogP contribution in [0.5, 0.6) is 0 Å². The van der Waals surface area contributed by atoms with Gasteiger partial charge in [0.2, 0.25) is 0 Å². The first-order valence-electron chi connectivity index (χ1n) is 10.6. The van der Waals surface area contributed by atoms with Crippen LogP contribution in [0.1, 0.15) is 52.5 Å². The van der Waals surface area contributed by atoms with Gasteiger partial charge in [0.25, 0.3) is 5.91 Å². The number of imide groups is 1. The predicted molar refractivity (Wildman–Crippen MR) is 128 cm³/mol. The Balaban J connectivity index is 1.96. The van der Waals surface area contributed by atoms with E-state index in [1.54, 1.807) is 16.2 Å². The molecule has 0 N–H and O–H groups in total. The maximum absolute atomic E-state index is 13.7. The van der Waals surface area contributed by atoms with E-state index in [2.05, 4.69) is 20.8 Å². The third-order valence-corrected chi connectivity index (χ3v) is 12.4. The second kappa shape index (κ2) is 8.94. The van der Waals surface area contributed by atoms with Gasteiger partial charge in [-0.15, -0.1) is 22.7 Å². The van der Waals surface area contributed by atoms with E-state index in [0.29, 0.717) is 0 Å². The molecule has 1 aliphatic heterocycles. The molecule has 2 aromatic heterocycles. The Labute approximate surface area is 188 Å². The van der Waals surface area contributed by atoms with E-state index < -0.39 is 20.0 Å². The first-order chi connectivity index (χ1) is 14.2. The molecule has 30 heavy (non-hydrogen) atoms. The van der Waals surface area contributed by atoms with Crippen molar-refractivity contribution < 1.29 is 14.0 Å². The fourth-order valence-corrected chi connectivity index (χ4v) is 8.53. The average Bonchev–Trinajstić information content (AvgIpc) is 3.40. The van der Waals surface area contributed by atoms with Gasteiger partial charge in [-0.2, -0.15) is 0 Å². The number of thiophene rings is 2. The fraction of sp³-hybridized carbons (Fsp3) is 0.545. The van der Waals surface area contributed by atoms with E-state index in [-0.39, 0.29) is 18.0 Å². The first kappa shape index (κ1) is 23.2. The molecule has 0 aliphatic carbocycles. The molecule has 0 unspecified atom stereocenters. The average molecular weight is 465 g/mol. The Bertz CT molecular complexity index is 849. The van der Waals surface area contributed by atoms with Crippen molar-refractivity contribution in [2.45, 2.75) is 77.4 Å². The zero-order valence-corrected chi connectivity index (χ0v) is 21.3. The number of carbonyl (C=O) groups excluding carboxylic acids is 2. The summed E-state index contributed by atoms with van der Waals surface area (Å²) < 4.78 is 6.59. The minimum atomic E-state index is -1.99. The molecule has 0 saturated carbocycles. The van der Waals surface area contributed by atoms with E-state index in [4.69, 9.17) is 4.43 Å². The largest absolute Gasteiger partial charge is 0.403 e. The van der Waals surface area contributed by atoms with Crippen LogP contribution in [0.2, 0.25) is 18.1 Å². The van der Waals surface area contributed by atoms with Crippen molar-refractivity contribution in [2.75, 3.05) is 4.90 Å². The number of hydrogen-bond acceptors (Lipinski definition) is 5. The summed E-state index contributed by atoms with van der Waals surface area (Å²) in [5.41, 5.74) is -0.455. The van der Waals surface area contributed by atoms with Crippen LogP contribution in [0, 0.1) is 0 Å². The van der Waals surface area contributed by atoms with Crippen LogP contribution >= 0.6 is 22.7 Å². The molecule has 1 aliphatic rings. The van der Waals surface area contributed by atoms with Crippen LogP contribution in [0.3, 0.4) is 0 Å². The van der Waals surface area contributed by atoms with Gasteiger partial charge in [-0.1, -0.05) is 26.8 Å². The second-order valence-corrected chi connectivity index (χ2v) is 15.3. The molecule has 3 heterocycles. The van der Waals surface area contributed by atoms with Gasteiger partial charge in [0.15, 0.2) is 14.4 Å². The first-order valence-corrected chi connectivity index (χ1v) is 14.9. The highest BCUT2D eigenvalue weighted by molar-refractivity contribution is 7.14. The number of nitrogens with zero attached hydrogens (tertiary/aromatic N) is 2. The number of anilines is 1. The summed E-state index contributed by atoms with van der Waals surface area (Å²) >= 11 is 3.08. The number of urea groups is 1. The zero-order chi connectivity index (χ0) is 22.1. The molecule has 0 aromatic carbocycles. The van der Waals surface area contributed by atoms with Gasteiger partial charge in [-0.05, 0) is 67.9 Å². The lowest BCUT2D eigenvalue weighted by molar-refractivity contribution is -0.157. The maximum atomic E-state index is 13.7. The van der Waals surface area contributed by atoms with Crippen LogP contribution in [0.25, 0.3) is 0 Å². The van der Waals surface area contributed by atoms with Crippen molar-refractivity contribution in [2.24, 2.45) is 0 Å².